The molecule has 0 fully saturated rings. The largest absolute Gasteiger partial charge is 0.329 e. The van der Waals surface area contributed by atoms with E-state index in [1.807, 2.05) is 6.08 Å². The first kappa shape index (κ1) is 6.66. The Morgan fingerprint density at radius 3 is 2.86 bits per heavy atom. The van der Waals surface area contributed by atoms with Crippen LogP contribution >= 0.6 is 0 Å². The van der Waals surface area contributed by atoms with Crippen molar-refractivity contribution in [3.8, 4) is 0 Å². The van der Waals surface area contributed by atoms with Crippen molar-refractivity contribution in [2.24, 2.45) is 5.73 Å². The number of rotatable bonds is 4. The van der Waals surface area contributed by atoms with E-state index in [1.54, 1.807) is 0 Å². The number of hydrogen-bond donors (Lipinski definition) is 2. The molecule has 0 unspecified atom stereocenters. The van der Waals surface area contributed by atoms with Crippen molar-refractivity contribution in [2.75, 3.05) is 19.6 Å². The van der Waals surface area contributed by atoms with E-state index in [2.05, 4.69) is 11.9 Å². The fourth-order valence-electron chi connectivity index (χ4n) is 0.306. The molecule has 0 spiro atoms. The second-order valence-corrected chi connectivity index (χ2v) is 1.28. The minimum atomic E-state index is 0.702. The van der Waals surface area contributed by atoms with E-state index in [0.717, 1.165) is 13.1 Å². The van der Waals surface area contributed by atoms with Crippen LogP contribution in [-0.4, -0.2) is 19.6 Å². The number of hydrogen-bond acceptors (Lipinski definition) is 2. The summed E-state index contributed by atoms with van der Waals surface area (Å²) in [6.07, 6.45) is 1.82. The molecule has 0 bridgehead atoms. The molecule has 0 rings (SSSR count). The fraction of sp³-hybridized carbons (Fsp3) is 0.600. The summed E-state index contributed by atoms with van der Waals surface area (Å²) in [7, 11) is 0. The molecule has 2 nitrogen and oxygen atoms in total. The number of nitrogens with one attached hydrogen (secondary N) is 1. The van der Waals surface area contributed by atoms with Gasteiger partial charge >= 0.3 is 0 Å². The standard InChI is InChI=1S/C5H12N2/c1-2-4-7-5-3-6/h2,7H,1,3-6H2. The van der Waals surface area contributed by atoms with Crippen molar-refractivity contribution < 1.29 is 0 Å². The molecule has 0 atom stereocenters. The van der Waals surface area contributed by atoms with Crippen LogP contribution in [-0.2, 0) is 0 Å². The van der Waals surface area contributed by atoms with Crippen LogP contribution in [0.5, 0.6) is 0 Å². The highest BCUT2D eigenvalue weighted by Crippen LogP contribution is 1.55. The molecule has 0 radical (unpaired) electrons. The molecule has 7 heavy (non-hydrogen) atoms. The first-order valence-electron chi connectivity index (χ1n) is 2.43. The van der Waals surface area contributed by atoms with Crippen molar-refractivity contribution in [3.05, 3.63) is 12.7 Å². The lowest BCUT2D eigenvalue weighted by atomic mass is 10.6. The average molecular weight is 100 g/mol. The van der Waals surface area contributed by atoms with Gasteiger partial charge in [0.1, 0.15) is 0 Å². The minimum Gasteiger partial charge on any atom is -0.329 e. The van der Waals surface area contributed by atoms with Crippen molar-refractivity contribution in [1.29, 1.82) is 0 Å². The summed E-state index contributed by atoms with van der Waals surface area (Å²) in [5.74, 6) is 0. The van der Waals surface area contributed by atoms with E-state index in [4.69, 9.17) is 5.73 Å². The second-order valence-electron chi connectivity index (χ2n) is 1.28. The second kappa shape index (κ2) is 5.66. The molecule has 0 saturated heterocycles. The van der Waals surface area contributed by atoms with Crippen LogP contribution in [0.2, 0.25) is 0 Å². The summed E-state index contributed by atoms with van der Waals surface area (Å²) in [5.41, 5.74) is 5.17. The molecule has 0 aromatic rings. The lowest BCUT2D eigenvalue weighted by molar-refractivity contribution is 0.754. The molecule has 0 amide bonds. The fourth-order valence-corrected chi connectivity index (χ4v) is 0.306. The molecule has 0 aliphatic rings. The van der Waals surface area contributed by atoms with E-state index < -0.39 is 0 Å². The molecular formula is C5H12N2. The van der Waals surface area contributed by atoms with Crippen molar-refractivity contribution in [3.63, 3.8) is 0 Å². The Balaban J connectivity index is 2.56. The summed E-state index contributed by atoms with van der Waals surface area (Å²) in [4.78, 5) is 0. The van der Waals surface area contributed by atoms with Gasteiger partial charge in [0.05, 0.1) is 0 Å². The topological polar surface area (TPSA) is 38.0 Å². The molecular weight excluding hydrogens is 88.1 g/mol. The van der Waals surface area contributed by atoms with Gasteiger partial charge in [-0.25, -0.2) is 0 Å². The predicted octanol–water partition coefficient (Wildman–Crippen LogP) is -0.279. The Morgan fingerprint density at radius 2 is 2.43 bits per heavy atom. The summed E-state index contributed by atoms with van der Waals surface area (Å²) in [6.45, 7) is 5.97. The van der Waals surface area contributed by atoms with Gasteiger partial charge in [-0.1, -0.05) is 6.08 Å². The summed E-state index contributed by atoms with van der Waals surface area (Å²) >= 11 is 0. The van der Waals surface area contributed by atoms with E-state index in [-0.39, 0.29) is 0 Å². The Bertz CT molecular complexity index is 43.3. The van der Waals surface area contributed by atoms with Gasteiger partial charge in [0.15, 0.2) is 0 Å². The first-order valence-corrected chi connectivity index (χ1v) is 2.43. The van der Waals surface area contributed by atoms with E-state index >= 15 is 0 Å². The maximum absolute atomic E-state index is 5.17. The van der Waals surface area contributed by atoms with Gasteiger partial charge in [-0.15, -0.1) is 6.58 Å². The van der Waals surface area contributed by atoms with Crippen LogP contribution in [0, 0.1) is 0 Å². The smallest absolute Gasteiger partial charge is 0.0132 e. The third-order valence-corrected chi connectivity index (χ3v) is 0.610. The molecule has 3 N–H and O–H groups in total. The molecule has 42 valence electrons. The first-order chi connectivity index (χ1) is 3.41. The Labute approximate surface area is 44.4 Å². The third-order valence-electron chi connectivity index (χ3n) is 0.610. The van der Waals surface area contributed by atoms with Gasteiger partial charge < -0.3 is 11.1 Å². The van der Waals surface area contributed by atoms with Crippen LogP contribution < -0.4 is 11.1 Å². The van der Waals surface area contributed by atoms with Crippen molar-refractivity contribution in [1.82, 2.24) is 5.32 Å². The SMILES string of the molecule is C=CCNCCN. The molecule has 0 aliphatic carbocycles. The van der Waals surface area contributed by atoms with Crippen LogP contribution in [0.15, 0.2) is 12.7 Å². The molecule has 0 heterocycles. The zero-order valence-electron chi connectivity index (χ0n) is 4.48. The highest BCUT2D eigenvalue weighted by molar-refractivity contribution is 4.68. The number of nitrogens with two attached hydrogens (primary N) is 1. The molecule has 2 heteroatoms. The van der Waals surface area contributed by atoms with Gasteiger partial charge in [-0.2, -0.15) is 0 Å². The third kappa shape index (κ3) is 5.66. The van der Waals surface area contributed by atoms with Gasteiger partial charge in [0, 0.05) is 19.6 Å². The summed E-state index contributed by atoms with van der Waals surface area (Å²) in [5, 5.41) is 3.04. The molecule has 0 aliphatic heterocycles. The average Bonchev–Trinajstić information content (AvgIpc) is 1.69. The zero-order chi connectivity index (χ0) is 5.54. The normalized spacial score (nSPS) is 8.71. The Hall–Kier alpha value is -0.340. The maximum Gasteiger partial charge on any atom is 0.0132 e. The molecule has 0 aromatic heterocycles. The lowest BCUT2D eigenvalue weighted by Gasteiger charge is -1.93. The van der Waals surface area contributed by atoms with E-state index in [1.165, 1.54) is 0 Å². The van der Waals surface area contributed by atoms with Crippen LogP contribution in [0.25, 0.3) is 0 Å². The Kier molecular flexibility index (Phi) is 5.39. The quantitative estimate of drug-likeness (QED) is 0.376. The molecule has 0 aromatic carbocycles. The highest BCUT2D eigenvalue weighted by Gasteiger charge is 1.73. The molecule has 0 saturated carbocycles. The van der Waals surface area contributed by atoms with Gasteiger partial charge in [0.2, 0.25) is 0 Å². The highest BCUT2D eigenvalue weighted by atomic mass is 14.9. The zero-order valence-corrected chi connectivity index (χ0v) is 4.48. The van der Waals surface area contributed by atoms with E-state index in [9.17, 15) is 0 Å². The van der Waals surface area contributed by atoms with Crippen molar-refractivity contribution in [2.45, 2.75) is 0 Å². The van der Waals surface area contributed by atoms with Crippen LogP contribution in [0.1, 0.15) is 0 Å². The summed E-state index contributed by atoms with van der Waals surface area (Å²) < 4.78 is 0. The maximum atomic E-state index is 5.17. The predicted molar refractivity (Wildman–Crippen MR) is 32.1 cm³/mol. The van der Waals surface area contributed by atoms with Gasteiger partial charge in [-0.05, 0) is 0 Å². The lowest BCUT2D eigenvalue weighted by Crippen LogP contribution is -2.21. The minimum absolute atomic E-state index is 0.702. The Morgan fingerprint density at radius 1 is 1.71 bits per heavy atom. The summed E-state index contributed by atoms with van der Waals surface area (Å²) in [6, 6.07) is 0. The van der Waals surface area contributed by atoms with E-state index in [0.29, 0.717) is 6.54 Å². The monoisotopic (exact) mass is 100 g/mol. The van der Waals surface area contributed by atoms with Gasteiger partial charge in [0.25, 0.3) is 0 Å². The van der Waals surface area contributed by atoms with Crippen LogP contribution in [0.4, 0.5) is 0 Å². The van der Waals surface area contributed by atoms with Crippen LogP contribution in [0.3, 0.4) is 0 Å². The van der Waals surface area contributed by atoms with Crippen molar-refractivity contribution >= 4 is 0 Å². The van der Waals surface area contributed by atoms with Gasteiger partial charge in [-0.3, -0.25) is 0 Å².